The fourth-order valence-electron chi connectivity index (χ4n) is 8.70. The number of pyridine rings is 2. The van der Waals surface area contributed by atoms with Crippen molar-refractivity contribution in [1.82, 2.24) is 19.1 Å². The van der Waals surface area contributed by atoms with Crippen molar-refractivity contribution in [3.05, 3.63) is 255 Å². The summed E-state index contributed by atoms with van der Waals surface area (Å²) in [5.41, 5.74) is 18.8. The van der Waals surface area contributed by atoms with E-state index in [2.05, 4.69) is 264 Å². The number of para-hydroxylation sites is 2. The highest BCUT2D eigenvalue weighted by Gasteiger charge is 2.20. The number of hydrogen-bond donors (Lipinski definition) is 0. The van der Waals surface area contributed by atoms with E-state index in [9.17, 15) is 0 Å². The van der Waals surface area contributed by atoms with Gasteiger partial charge in [0, 0.05) is 22.5 Å². The zero-order chi connectivity index (χ0) is 42.7. The van der Waals surface area contributed by atoms with E-state index in [4.69, 9.17) is 9.97 Å². The molecule has 4 aromatic heterocycles. The lowest BCUT2D eigenvalue weighted by molar-refractivity contribution is 1.08. The van der Waals surface area contributed by atoms with Gasteiger partial charge in [-0.05, 0) is 112 Å². The molecule has 0 saturated heterocycles. The second-order valence-corrected chi connectivity index (χ2v) is 15.8. The third kappa shape index (κ3) is 7.55. The Bertz CT molecular complexity index is 3110. The summed E-state index contributed by atoms with van der Waals surface area (Å²) in [5.74, 6) is 0. The van der Waals surface area contributed by atoms with Crippen LogP contribution in [-0.2, 0) is 0 Å². The lowest BCUT2D eigenvalue weighted by atomic mass is 9.96. The molecule has 4 nitrogen and oxygen atoms in total. The number of aromatic nitrogens is 4. The molecule has 0 aliphatic rings. The average Bonchev–Trinajstić information content (AvgIpc) is 4.04. The molecule has 4 heteroatoms. The van der Waals surface area contributed by atoms with Crippen LogP contribution in [0.15, 0.2) is 255 Å². The van der Waals surface area contributed by atoms with Crippen molar-refractivity contribution in [2.45, 2.75) is 0 Å². The van der Waals surface area contributed by atoms with E-state index in [0.717, 1.165) is 101 Å². The van der Waals surface area contributed by atoms with Crippen LogP contribution < -0.4 is 0 Å². The molecule has 0 N–H and O–H groups in total. The zero-order valence-corrected chi connectivity index (χ0v) is 35.0. The van der Waals surface area contributed by atoms with Crippen LogP contribution in [0, 0.1) is 0 Å². The average molecular weight is 819 g/mol. The predicted molar refractivity (Wildman–Crippen MR) is 264 cm³/mol. The number of rotatable bonds is 10. The topological polar surface area (TPSA) is 35.6 Å². The number of hydrogen-bond acceptors (Lipinski definition) is 2. The van der Waals surface area contributed by atoms with Crippen LogP contribution in [0.25, 0.3) is 101 Å². The van der Waals surface area contributed by atoms with Crippen LogP contribution >= 0.6 is 0 Å². The molecule has 0 saturated carbocycles. The Balaban J connectivity index is 1.08. The maximum atomic E-state index is 5.39. The van der Waals surface area contributed by atoms with E-state index < -0.39 is 0 Å². The van der Waals surface area contributed by atoms with Crippen LogP contribution in [0.4, 0.5) is 0 Å². The standard InChI is InChI=1S/C60H42N4/c1-7-20-43(21-8-1)53-39-49(41-55(61-53)59-36-34-57(45-24-11-3-12-25-45)63(59)51-30-15-5-16-31-51)47-28-19-29-48(38-47)50-40-54(44-22-9-2-10-23-44)62-56(42-50)60-37-35-58(46-26-13-4-14-27-46)64(60)52-32-17-6-18-33-52/h1-42H. The third-order valence-electron chi connectivity index (χ3n) is 11.8. The fourth-order valence-corrected chi connectivity index (χ4v) is 8.70. The molecule has 7 aromatic carbocycles. The molecular formula is C60H42N4. The highest BCUT2D eigenvalue weighted by atomic mass is 15.0. The zero-order valence-electron chi connectivity index (χ0n) is 35.0. The van der Waals surface area contributed by atoms with Crippen molar-refractivity contribution in [3.8, 4) is 101 Å². The Morgan fingerprint density at radius 2 is 0.500 bits per heavy atom. The molecule has 0 unspecified atom stereocenters. The normalized spacial score (nSPS) is 11.1. The molecule has 302 valence electrons. The molecule has 0 atom stereocenters. The monoisotopic (exact) mass is 818 g/mol. The second-order valence-electron chi connectivity index (χ2n) is 15.8. The Morgan fingerprint density at radius 3 is 0.875 bits per heavy atom. The van der Waals surface area contributed by atoms with Gasteiger partial charge in [0.05, 0.1) is 45.6 Å². The van der Waals surface area contributed by atoms with E-state index >= 15 is 0 Å². The van der Waals surface area contributed by atoms with Gasteiger partial charge in [0.1, 0.15) is 0 Å². The lowest BCUT2D eigenvalue weighted by Crippen LogP contribution is -2.01. The van der Waals surface area contributed by atoms with Gasteiger partial charge in [0.15, 0.2) is 0 Å². The Kier molecular flexibility index (Phi) is 10.2. The van der Waals surface area contributed by atoms with Crippen LogP contribution in [-0.4, -0.2) is 19.1 Å². The van der Waals surface area contributed by atoms with Crippen molar-refractivity contribution < 1.29 is 0 Å². The molecular weight excluding hydrogens is 777 g/mol. The summed E-state index contributed by atoms with van der Waals surface area (Å²) in [6.07, 6.45) is 0. The highest BCUT2D eigenvalue weighted by molar-refractivity contribution is 5.83. The van der Waals surface area contributed by atoms with Crippen molar-refractivity contribution in [3.63, 3.8) is 0 Å². The van der Waals surface area contributed by atoms with Gasteiger partial charge >= 0.3 is 0 Å². The van der Waals surface area contributed by atoms with Crippen LogP contribution in [0.5, 0.6) is 0 Å². The molecule has 0 aliphatic heterocycles. The van der Waals surface area contributed by atoms with E-state index in [1.54, 1.807) is 0 Å². The van der Waals surface area contributed by atoms with Gasteiger partial charge in [0.2, 0.25) is 0 Å². The Hall–Kier alpha value is -8.60. The van der Waals surface area contributed by atoms with Crippen molar-refractivity contribution in [2.75, 3.05) is 0 Å². The van der Waals surface area contributed by atoms with Gasteiger partial charge in [-0.2, -0.15) is 0 Å². The number of nitrogens with zero attached hydrogens (tertiary/aromatic N) is 4. The van der Waals surface area contributed by atoms with Crippen LogP contribution in [0.2, 0.25) is 0 Å². The minimum Gasteiger partial charge on any atom is -0.308 e. The quantitative estimate of drug-likeness (QED) is 0.138. The summed E-state index contributed by atoms with van der Waals surface area (Å²) in [6, 6.07) is 89.8. The maximum absolute atomic E-state index is 5.39. The predicted octanol–water partition coefficient (Wildman–Crippen LogP) is 15.4. The maximum Gasteiger partial charge on any atom is 0.0883 e. The van der Waals surface area contributed by atoms with E-state index in [0.29, 0.717) is 0 Å². The summed E-state index contributed by atoms with van der Waals surface area (Å²) in [6.45, 7) is 0. The molecule has 4 heterocycles. The molecule has 0 spiro atoms. The third-order valence-corrected chi connectivity index (χ3v) is 11.8. The van der Waals surface area contributed by atoms with E-state index in [1.165, 1.54) is 0 Å². The van der Waals surface area contributed by atoms with Gasteiger partial charge in [-0.15, -0.1) is 0 Å². The van der Waals surface area contributed by atoms with Crippen molar-refractivity contribution >= 4 is 0 Å². The van der Waals surface area contributed by atoms with Gasteiger partial charge in [-0.25, -0.2) is 9.97 Å². The molecule has 0 bridgehead atoms. The van der Waals surface area contributed by atoms with E-state index in [-0.39, 0.29) is 0 Å². The molecule has 0 fully saturated rings. The van der Waals surface area contributed by atoms with Crippen molar-refractivity contribution in [1.29, 1.82) is 0 Å². The van der Waals surface area contributed by atoms with Gasteiger partial charge in [-0.3, -0.25) is 0 Å². The lowest BCUT2D eigenvalue weighted by Gasteiger charge is -2.17. The first-order valence-corrected chi connectivity index (χ1v) is 21.7. The largest absolute Gasteiger partial charge is 0.308 e. The molecule has 0 amide bonds. The van der Waals surface area contributed by atoms with Crippen molar-refractivity contribution in [2.24, 2.45) is 0 Å². The summed E-state index contributed by atoms with van der Waals surface area (Å²) in [5, 5.41) is 0. The summed E-state index contributed by atoms with van der Waals surface area (Å²) >= 11 is 0. The minimum absolute atomic E-state index is 0.890. The van der Waals surface area contributed by atoms with Crippen LogP contribution in [0.3, 0.4) is 0 Å². The first-order chi connectivity index (χ1) is 31.7. The smallest absolute Gasteiger partial charge is 0.0883 e. The highest BCUT2D eigenvalue weighted by Crippen LogP contribution is 2.39. The van der Waals surface area contributed by atoms with E-state index in [1.807, 2.05) is 0 Å². The fraction of sp³-hybridized carbons (Fsp3) is 0. The van der Waals surface area contributed by atoms with Gasteiger partial charge in [0.25, 0.3) is 0 Å². The van der Waals surface area contributed by atoms with Gasteiger partial charge in [-0.1, -0.05) is 176 Å². The summed E-state index contributed by atoms with van der Waals surface area (Å²) in [7, 11) is 0. The SMILES string of the molecule is c1ccc(-c2cc(-c3cccc(-c4cc(-c5ccccc5)nc(-c5ccc(-c6ccccc6)n5-c5ccccc5)c4)c3)cc(-c3ccc(-c4ccccc4)n3-c3ccccc3)n2)cc1. The first kappa shape index (κ1) is 38.3. The van der Waals surface area contributed by atoms with Gasteiger partial charge < -0.3 is 9.13 Å². The molecule has 0 aliphatic carbocycles. The number of benzene rings is 7. The minimum atomic E-state index is 0.890. The summed E-state index contributed by atoms with van der Waals surface area (Å²) < 4.78 is 4.65. The Labute approximate surface area is 373 Å². The summed E-state index contributed by atoms with van der Waals surface area (Å²) in [4.78, 5) is 10.8. The Morgan fingerprint density at radius 1 is 0.203 bits per heavy atom. The molecule has 11 aromatic rings. The van der Waals surface area contributed by atoms with Crippen LogP contribution in [0.1, 0.15) is 0 Å². The molecule has 0 radical (unpaired) electrons. The molecule has 11 rings (SSSR count). The second kappa shape index (κ2) is 17.0. The first-order valence-electron chi connectivity index (χ1n) is 21.7. The molecule has 64 heavy (non-hydrogen) atoms.